The molecule has 1 aromatic heterocycles. The molecule has 2 N–H and O–H groups in total. The molecule has 0 atom stereocenters. The Balaban J connectivity index is 1.87. The van der Waals surface area contributed by atoms with Gasteiger partial charge in [-0.3, -0.25) is 5.32 Å². The van der Waals surface area contributed by atoms with E-state index < -0.39 is 6.09 Å². The van der Waals surface area contributed by atoms with Crippen LogP contribution < -0.4 is 10.6 Å². The lowest BCUT2D eigenvalue weighted by atomic mass is 10.2. The summed E-state index contributed by atoms with van der Waals surface area (Å²) >= 11 is 5.84. The molecule has 0 aliphatic carbocycles. The van der Waals surface area contributed by atoms with Gasteiger partial charge in [0, 0.05) is 11.6 Å². The Kier molecular flexibility index (Phi) is 5.40. The smallest absolute Gasteiger partial charge is 0.412 e. The highest BCUT2D eigenvalue weighted by Crippen LogP contribution is 2.13. The molecule has 0 fully saturated rings. The highest BCUT2D eigenvalue weighted by atomic mass is 35.5. The monoisotopic (exact) mass is 305 g/mol. The first-order chi connectivity index (χ1) is 10.2. The fourth-order valence-corrected chi connectivity index (χ4v) is 1.78. The van der Waals surface area contributed by atoms with E-state index in [1.54, 1.807) is 19.2 Å². The third-order valence-corrected chi connectivity index (χ3v) is 2.93. The highest BCUT2D eigenvalue weighted by Gasteiger charge is 2.02. The fourth-order valence-electron chi connectivity index (χ4n) is 1.65. The average molecular weight is 306 g/mol. The van der Waals surface area contributed by atoms with Gasteiger partial charge in [-0.1, -0.05) is 23.7 Å². The van der Waals surface area contributed by atoms with Crippen LogP contribution in [0.1, 0.15) is 12.5 Å². The number of pyridine rings is 1. The molecule has 6 heteroatoms. The molecule has 1 aromatic carbocycles. The molecule has 0 unspecified atom stereocenters. The zero-order valence-electron chi connectivity index (χ0n) is 11.6. The van der Waals surface area contributed by atoms with Crippen molar-refractivity contribution in [1.29, 1.82) is 0 Å². The third kappa shape index (κ3) is 4.96. The van der Waals surface area contributed by atoms with Crippen LogP contribution in [0.15, 0.2) is 42.6 Å². The molecule has 0 saturated carbocycles. The van der Waals surface area contributed by atoms with E-state index in [4.69, 9.17) is 16.3 Å². The first-order valence-corrected chi connectivity index (χ1v) is 6.93. The number of halogens is 1. The molecule has 110 valence electrons. The Hall–Kier alpha value is -2.27. The van der Waals surface area contributed by atoms with Gasteiger partial charge in [0.15, 0.2) is 0 Å². The molecule has 5 nitrogen and oxygen atoms in total. The van der Waals surface area contributed by atoms with E-state index in [-0.39, 0.29) is 0 Å². The lowest BCUT2D eigenvalue weighted by Crippen LogP contribution is -2.14. The van der Waals surface area contributed by atoms with E-state index in [1.165, 1.54) is 0 Å². The van der Waals surface area contributed by atoms with Gasteiger partial charge >= 0.3 is 6.09 Å². The van der Waals surface area contributed by atoms with Crippen molar-refractivity contribution in [3.63, 3.8) is 0 Å². The molecule has 1 amide bonds. The molecule has 0 radical (unpaired) electrons. The Morgan fingerprint density at radius 1 is 1.24 bits per heavy atom. The summed E-state index contributed by atoms with van der Waals surface area (Å²) in [7, 11) is 0. The maximum absolute atomic E-state index is 11.2. The second kappa shape index (κ2) is 7.50. The first-order valence-electron chi connectivity index (χ1n) is 6.55. The number of nitrogens with one attached hydrogen (secondary N) is 2. The molecule has 1 heterocycles. The van der Waals surface area contributed by atoms with Crippen molar-refractivity contribution >= 4 is 29.2 Å². The van der Waals surface area contributed by atoms with Gasteiger partial charge < -0.3 is 10.1 Å². The van der Waals surface area contributed by atoms with Crippen molar-refractivity contribution in [3.05, 3.63) is 53.2 Å². The summed E-state index contributed by atoms with van der Waals surface area (Å²) in [5.74, 6) is 0.450. The zero-order chi connectivity index (χ0) is 15.1. The van der Waals surface area contributed by atoms with Crippen LogP contribution in [0.4, 0.5) is 16.3 Å². The molecule has 0 aliphatic rings. The van der Waals surface area contributed by atoms with Crippen molar-refractivity contribution in [2.45, 2.75) is 13.5 Å². The minimum Gasteiger partial charge on any atom is -0.450 e. The van der Waals surface area contributed by atoms with Crippen LogP contribution >= 0.6 is 11.6 Å². The normalized spacial score (nSPS) is 10.0. The number of nitrogens with zero attached hydrogens (tertiary/aromatic N) is 1. The topological polar surface area (TPSA) is 63.2 Å². The van der Waals surface area contributed by atoms with Gasteiger partial charge in [0.25, 0.3) is 0 Å². The van der Waals surface area contributed by atoms with Gasteiger partial charge in [-0.2, -0.15) is 0 Å². The van der Waals surface area contributed by atoms with E-state index in [1.807, 2.05) is 30.3 Å². The summed E-state index contributed by atoms with van der Waals surface area (Å²) < 4.78 is 4.77. The van der Waals surface area contributed by atoms with Gasteiger partial charge in [0.1, 0.15) is 5.82 Å². The van der Waals surface area contributed by atoms with Gasteiger partial charge in [-0.15, -0.1) is 0 Å². The van der Waals surface area contributed by atoms with E-state index in [9.17, 15) is 4.79 Å². The van der Waals surface area contributed by atoms with E-state index in [0.29, 0.717) is 19.0 Å². The average Bonchev–Trinajstić information content (AvgIpc) is 2.48. The predicted octanol–water partition coefficient (Wildman–Crippen LogP) is 3.92. The van der Waals surface area contributed by atoms with Crippen LogP contribution in [0.5, 0.6) is 0 Å². The number of hydrogen-bond donors (Lipinski definition) is 2. The summed E-state index contributed by atoms with van der Waals surface area (Å²) in [5, 5.41) is 6.49. The van der Waals surface area contributed by atoms with Crippen LogP contribution in [-0.4, -0.2) is 17.7 Å². The predicted molar refractivity (Wildman–Crippen MR) is 83.7 cm³/mol. The van der Waals surface area contributed by atoms with Gasteiger partial charge in [0.05, 0.1) is 18.5 Å². The van der Waals surface area contributed by atoms with Crippen molar-refractivity contribution < 1.29 is 9.53 Å². The van der Waals surface area contributed by atoms with E-state index >= 15 is 0 Å². The summed E-state index contributed by atoms with van der Waals surface area (Å²) in [6.45, 7) is 2.74. The lowest BCUT2D eigenvalue weighted by Gasteiger charge is -2.08. The summed E-state index contributed by atoms with van der Waals surface area (Å²) in [6.07, 6.45) is 1.14. The Morgan fingerprint density at radius 3 is 2.62 bits per heavy atom. The van der Waals surface area contributed by atoms with Crippen LogP contribution in [-0.2, 0) is 11.3 Å². The SMILES string of the molecule is CCOC(=O)Nc1ccc(NCc2ccc(Cl)cc2)cn1. The second-order valence-electron chi connectivity index (χ2n) is 4.26. The van der Waals surface area contributed by atoms with Crippen molar-refractivity contribution in [3.8, 4) is 0 Å². The highest BCUT2D eigenvalue weighted by molar-refractivity contribution is 6.30. The summed E-state index contributed by atoms with van der Waals surface area (Å²) in [6, 6.07) is 11.2. The first kappa shape index (κ1) is 15.1. The maximum Gasteiger partial charge on any atom is 0.412 e. The van der Waals surface area contributed by atoms with Crippen molar-refractivity contribution in [2.24, 2.45) is 0 Å². The van der Waals surface area contributed by atoms with Crippen molar-refractivity contribution in [2.75, 3.05) is 17.2 Å². The number of ether oxygens (including phenoxy) is 1. The van der Waals surface area contributed by atoms with Gasteiger partial charge in [-0.25, -0.2) is 9.78 Å². The van der Waals surface area contributed by atoms with Crippen LogP contribution in [0, 0.1) is 0 Å². The molecule has 0 aliphatic heterocycles. The van der Waals surface area contributed by atoms with Crippen LogP contribution in [0.25, 0.3) is 0 Å². The Morgan fingerprint density at radius 2 is 2.00 bits per heavy atom. The van der Waals surface area contributed by atoms with Crippen molar-refractivity contribution in [1.82, 2.24) is 4.98 Å². The fraction of sp³-hybridized carbons (Fsp3) is 0.200. The number of anilines is 2. The van der Waals surface area contributed by atoms with E-state index in [0.717, 1.165) is 16.3 Å². The number of hydrogen-bond acceptors (Lipinski definition) is 4. The van der Waals surface area contributed by atoms with Gasteiger partial charge in [0.2, 0.25) is 0 Å². The molecule has 2 rings (SSSR count). The van der Waals surface area contributed by atoms with Gasteiger partial charge in [-0.05, 0) is 36.8 Å². The minimum absolute atomic E-state index is 0.326. The molecular formula is C15H16ClN3O2. The number of aromatic nitrogens is 1. The molecule has 0 bridgehead atoms. The van der Waals surface area contributed by atoms with Crippen LogP contribution in [0.3, 0.4) is 0 Å². The summed E-state index contributed by atoms with van der Waals surface area (Å²) in [4.78, 5) is 15.4. The molecule has 21 heavy (non-hydrogen) atoms. The van der Waals surface area contributed by atoms with Crippen LogP contribution in [0.2, 0.25) is 5.02 Å². The standard InChI is InChI=1S/C15H16ClN3O2/c1-2-21-15(20)19-14-8-7-13(10-18-14)17-9-11-3-5-12(16)6-4-11/h3-8,10,17H,2,9H2,1H3,(H,18,19,20). The third-order valence-electron chi connectivity index (χ3n) is 2.68. The molecule has 0 saturated heterocycles. The second-order valence-corrected chi connectivity index (χ2v) is 4.69. The number of rotatable bonds is 5. The minimum atomic E-state index is -0.508. The Labute approximate surface area is 128 Å². The number of amides is 1. The maximum atomic E-state index is 11.2. The zero-order valence-corrected chi connectivity index (χ0v) is 12.4. The molecular weight excluding hydrogens is 290 g/mol. The number of benzene rings is 1. The molecule has 0 spiro atoms. The number of carbonyl (C=O) groups is 1. The lowest BCUT2D eigenvalue weighted by molar-refractivity contribution is 0.168. The quantitative estimate of drug-likeness (QED) is 0.879. The Bertz CT molecular complexity index is 585. The largest absolute Gasteiger partial charge is 0.450 e. The number of carbonyl (C=O) groups excluding carboxylic acids is 1. The molecule has 2 aromatic rings. The van der Waals surface area contributed by atoms with E-state index in [2.05, 4.69) is 15.6 Å². The summed E-state index contributed by atoms with van der Waals surface area (Å²) in [5.41, 5.74) is 1.98.